The maximum Gasteiger partial charge on any atom is 0.331 e. The van der Waals surface area contributed by atoms with E-state index in [1.807, 2.05) is 87.5 Å². The summed E-state index contributed by atoms with van der Waals surface area (Å²) >= 11 is 0. The molecule has 0 aliphatic rings. The number of methoxy groups -OCH3 is 1. The standard InChI is InChI=1S/C30H31NO4/c1-30(2,3)35-28(32)18-15-24-19-25-26(31(24)20-22-11-7-5-8-12-22)16-17-27(33-4)29(25)34-21-23-13-9-6-10-14-23/h5-19H,20-21H2,1-4H3/b18-15+. The molecule has 0 fully saturated rings. The van der Waals surface area contributed by atoms with Gasteiger partial charge in [-0.15, -0.1) is 0 Å². The number of hydrogen-bond acceptors (Lipinski definition) is 4. The molecule has 1 heterocycles. The maximum atomic E-state index is 12.4. The first-order chi connectivity index (χ1) is 16.8. The fraction of sp³-hybridized carbons (Fsp3) is 0.233. The van der Waals surface area contributed by atoms with Crippen LogP contribution in [0.4, 0.5) is 0 Å². The quantitative estimate of drug-likeness (QED) is 0.215. The van der Waals surface area contributed by atoms with Crippen LogP contribution in [0.2, 0.25) is 0 Å². The van der Waals surface area contributed by atoms with Crippen LogP contribution in [-0.2, 0) is 22.7 Å². The summed E-state index contributed by atoms with van der Waals surface area (Å²) in [5.74, 6) is 0.952. The van der Waals surface area contributed by atoms with E-state index in [9.17, 15) is 4.79 Å². The van der Waals surface area contributed by atoms with Crippen LogP contribution in [0, 0.1) is 0 Å². The summed E-state index contributed by atoms with van der Waals surface area (Å²) in [6.07, 6.45) is 3.27. The average Bonchev–Trinajstić information content (AvgIpc) is 3.18. The van der Waals surface area contributed by atoms with E-state index in [0.29, 0.717) is 24.7 Å². The number of aromatic nitrogens is 1. The molecular weight excluding hydrogens is 438 g/mol. The van der Waals surface area contributed by atoms with Gasteiger partial charge in [-0.25, -0.2) is 4.79 Å². The molecule has 3 aromatic carbocycles. The largest absolute Gasteiger partial charge is 0.493 e. The number of carbonyl (C=O) groups excluding carboxylic acids is 1. The summed E-state index contributed by atoms with van der Waals surface area (Å²) in [6, 6.07) is 26.2. The predicted molar refractivity (Wildman–Crippen MR) is 140 cm³/mol. The van der Waals surface area contributed by atoms with Crippen molar-refractivity contribution in [3.8, 4) is 11.5 Å². The van der Waals surface area contributed by atoms with E-state index in [0.717, 1.165) is 27.7 Å². The molecule has 5 nitrogen and oxygen atoms in total. The van der Waals surface area contributed by atoms with Gasteiger partial charge in [0.25, 0.3) is 0 Å². The molecule has 0 unspecified atom stereocenters. The number of fused-ring (bicyclic) bond motifs is 1. The molecule has 0 aliphatic carbocycles. The van der Waals surface area contributed by atoms with Crippen molar-refractivity contribution >= 4 is 22.9 Å². The van der Waals surface area contributed by atoms with E-state index in [2.05, 4.69) is 16.7 Å². The van der Waals surface area contributed by atoms with Crippen LogP contribution >= 0.6 is 0 Å². The number of carbonyl (C=O) groups is 1. The van der Waals surface area contributed by atoms with Crippen molar-refractivity contribution < 1.29 is 19.0 Å². The van der Waals surface area contributed by atoms with Crippen molar-refractivity contribution in [3.63, 3.8) is 0 Å². The number of esters is 1. The topological polar surface area (TPSA) is 49.7 Å². The number of rotatable bonds is 8. The lowest BCUT2D eigenvalue weighted by Crippen LogP contribution is -2.22. The molecule has 35 heavy (non-hydrogen) atoms. The van der Waals surface area contributed by atoms with Gasteiger partial charge in [0.2, 0.25) is 0 Å². The van der Waals surface area contributed by atoms with Crippen molar-refractivity contribution in [2.75, 3.05) is 7.11 Å². The first-order valence-corrected chi connectivity index (χ1v) is 11.7. The third-order valence-electron chi connectivity index (χ3n) is 5.46. The fourth-order valence-electron chi connectivity index (χ4n) is 3.92. The van der Waals surface area contributed by atoms with Gasteiger partial charge in [-0.1, -0.05) is 60.7 Å². The molecule has 0 saturated heterocycles. The van der Waals surface area contributed by atoms with Crippen LogP contribution in [0.5, 0.6) is 11.5 Å². The smallest absolute Gasteiger partial charge is 0.331 e. The minimum Gasteiger partial charge on any atom is -0.493 e. The molecule has 4 aromatic rings. The molecule has 0 radical (unpaired) electrons. The zero-order chi connectivity index (χ0) is 24.8. The molecule has 4 rings (SSSR count). The molecule has 0 saturated carbocycles. The lowest BCUT2D eigenvalue weighted by atomic mass is 10.2. The Hall–Kier alpha value is -3.99. The second-order valence-electron chi connectivity index (χ2n) is 9.31. The Morgan fingerprint density at radius 3 is 2.20 bits per heavy atom. The van der Waals surface area contributed by atoms with Crippen molar-refractivity contribution in [2.45, 2.75) is 39.5 Å². The van der Waals surface area contributed by atoms with Gasteiger partial charge in [0, 0.05) is 23.7 Å². The van der Waals surface area contributed by atoms with Gasteiger partial charge in [-0.2, -0.15) is 0 Å². The molecule has 0 aliphatic heterocycles. The zero-order valence-electron chi connectivity index (χ0n) is 20.7. The molecular formula is C30H31NO4. The van der Waals surface area contributed by atoms with Crippen molar-refractivity contribution in [1.82, 2.24) is 4.57 Å². The van der Waals surface area contributed by atoms with Crippen LogP contribution in [0.15, 0.2) is 84.9 Å². The second kappa shape index (κ2) is 10.5. The predicted octanol–water partition coefficient (Wildman–Crippen LogP) is 6.63. The summed E-state index contributed by atoms with van der Waals surface area (Å²) < 4.78 is 19.5. The Bertz CT molecular complexity index is 1320. The lowest BCUT2D eigenvalue weighted by molar-refractivity contribution is -0.148. The molecule has 5 heteroatoms. The zero-order valence-corrected chi connectivity index (χ0v) is 20.7. The lowest BCUT2D eigenvalue weighted by Gasteiger charge is -2.18. The van der Waals surface area contributed by atoms with Gasteiger partial charge < -0.3 is 18.8 Å². The molecule has 0 amide bonds. The van der Waals surface area contributed by atoms with E-state index >= 15 is 0 Å². The average molecular weight is 470 g/mol. The van der Waals surface area contributed by atoms with Gasteiger partial charge in [0.15, 0.2) is 11.5 Å². The maximum absolute atomic E-state index is 12.4. The van der Waals surface area contributed by atoms with Crippen LogP contribution in [0.1, 0.15) is 37.6 Å². The Morgan fingerprint density at radius 1 is 0.914 bits per heavy atom. The molecule has 0 spiro atoms. The molecule has 0 N–H and O–H groups in total. The van der Waals surface area contributed by atoms with Crippen LogP contribution < -0.4 is 9.47 Å². The summed E-state index contributed by atoms with van der Waals surface area (Å²) in [4.78, 5) is 12.4. The van der Waals surface area contributed by atoms with Crippen molar-refractivity contribution in [3.05, 3.63) is 102 Å². The van der Waals surface area contributed by atoms with Gasteiger partial charge >= 0.3 is 5.97 Å². The first kappa shape index (κ1) is 24.1. The first-order valence-electron chi connectivity index (χ1n) is 11.7. The second-order valence-corrected chi connectivity index (χ2v) is 9.31. The number of ether oxygens (including phenoxy) is 3. The molecule has 0 bridgehead atoms. The third-order valence-corrected chi connectivity index (χ3v) is 5.46. The Morgan fingerprint density at radius 2 is 1.57 bits per heavy atom. The third kappa shape index (κ3) is 6.12. The number of benzene rings is 3. The molecule has 180 valence electrons. The molecule has 1 aromatic heterocycles. The Labute approximate surface area is 206 Å². The van der Waals surface area contributed by atoms with Crippen molar-refractivity contribution in [2.24, 2.45) is 0 Å². The Balaban J connectivity index is 1.77. The van der Waals surface area contributed by atoms with Gasteiger partial charge in [-0.05, 0) is 56.2 Å². The monoisotopic (exact) mass is 469 g/mol. The highest BCUT2D eigenvalue weighted by molar-refractivity contribution is 5.93. The van der Waals surface area contributed by atoms with E-state index < -0.39 is 5.60 Å². The van der Waals surface area contributed by atoms with Crippen LogP contribution in [0.25, 0.3) is 17.0 Å². The van der Waals surface area contributed by atoms with Gasteiger partial charge in [-0.3, -0.25) is 0 Å². The van der Waals surface area contributed by atoms with E-state index in [1.165, 1.54) is 6.08 Å². The van der Waals surface area contributed by atoms with E-state index in [4.69, 9.17) is 14.2 Å². The van der Waals surface area contributed by atoms with Crippen LogP contribution in [0.3, 0.4) is 0 Å². The normalized spacial score (nSPS) is 11.7. The summed E-state index contributed by atoms with van der Waals surface area (Å²) in [5.41, 5.74) is 3.53. The minimum absolute atomic E-state index is 0.382. The van der Waals surface area contributed by atoms with E-state index in [-0.39, 0.29) is 5.97 Å². The van der Waals surface area contributed by atoms with Gasteiger partial charge in [0.05, 0.1) is 12.6 Å². The van der Waals surface area contributed by atoms with Crippen LogP contribution in [-0.4, -0.2) is 23.2 Å². The molecule has 0 atom stereocenters. The summed E-state index contributed by atoms with van der Waals surface area (Å²) in [7, 11) is 1.64. The summed E-state index contributed by atoms with van der Waals surface area (Å²) in [5, 5.41) is 0.917. The number of nitrogens with zero attached hydrogens (tertiary/aromatic N) is 1. The van der Waals surface area contributed by atoms with E-state index in [1.54, 1.807) is 13.2 Å². The highest BCUT2D eigenvalue weighted by Gasteiger charge is 2.18. The van der Waals surface area contributed by atoms with Crippen molar-refractivity contribution in [1.29, 1.82) is 0 Å². The number of hydrogen-bond donors (Lipinski definition) is 0. The minimum atomic E-state index is -0.552. The Kier molecular flexibility index (Phi) is 7.25. The fourth-order valence-corrected chi connectivity index (χ4v) is 3.92. The highest BCUT2D eigenvalue weighted by Crippen LogP contribution is 2.38. The SMILES string of the molecule is COc1ccc2c(cc(/C=C/C(=O)OC(C)(C)C)n2Cc2ccccc2)c1OCc1ccccc1. The highest BCUT2D eigenvalue weighted by atomic mass is 16.6. The van der Waals surface area contributed by atoms with Gasteiger partial charge in [0.1, 0.15) is 12.2 Å². The summed E-state index contributed by atoms with van der Waals surface area (Å²) in [6.45, 7) is 6.63.